The molecule has 0 aliphatic rings. The van der Waals surface area contributed by atoms with Gasteiger partial charge in [0.2, 0.25) is 0 Å². The second kappa shape index (κ2) is 6.72. The predicted octanol–water partition coefficient (Wildman–Crippen LogP) is 1.70. The molecule has 0 fully saturated rings. The third-order valence-electron chi connectivity index (χ3n) is 2.65. The maximum absolute atomic E-state index is 11.4. The highest BCUT2D eigenvalue weighted by Gasteiger charge is 2.11. The summed E-state index contributed by atoms with van der Waals surface area (Å²) in [5, 5.41) is 11.7. The number of carboxylic acids is 1. The number of carbonyl (C=O) groups is 2. The van der Waals surface area contributed by atoms with Gasteiger partial charge in [0.05, 0.1) is 18.4 Å². The van der Waals surface area contributed by atoms with E-state index in [1.165, 1.54) is 7.11 Å². The van der Waals surface area contributed by atoms with E-state index in [1.807, 2.05) is 6.92 Å². The van der Waals surface area contributed by atoms with E-state index in [0.29, 0.717) is 23.6 Å². The molecule has 1 aromatic heterocycles. The van der Waals surface area contributed by atoms with Crippen molar-refractivity contribution >= 4 is 17.8 Å². The summed E-state index contributed by atoms with van der Waals surface area (Å²) in [6.07, 6.45) is 0.103. The topological polar surface area (TPSA) is 88.5 Å². The largest absolute Gasteiger partial charge is 0.481 e. The highest BCUT2D eigenvalue weighted by molar-refractivity contribution is 5.90. The average Bonchev–Trinajstić information content (AvgIpc) is 2.35. The molecule has 1 heterocycles. The quantitative estimate of drug-likeness (QED) is 0.762. The van der Waals surface area contributed by atoms with Crippen molar-refractivity contribution in [2.75, 3.05) is 19.0 Å². The van der Waals surface area contributed by atoms with Gasteiger partial charge in [-0.15, -0.1) is 0 Å². The Labute approximate surface area is 111 Å². The molecule has 0 aliphatic heterocycles. The second-order valence-electron chi connectivity index (χ2n) is 4.40. The Morgan fingerprint density at radius 3 is 2.68 bits per heavy atom. The third kappa shape index (κ3) is 4.57. The minimum Gasteiger partial charge on any atom is -0.481 e. The van der Waals surface area contributed by atoms with Crippen molar-refractivity contribution in [2.24, 2.45) is 5.92 Å². The molecule has 6 heteroatoms. The van der Waals surface area contributed by atoms with Crippen LogP contribution in [0.15, 0.2) is 12.1 Å². The van der Waals surface area contributed by atoms with Gasteiger partial charge in [0.15, 0.2) is 0 Å². The Morgan fingerprint density at radius 1 is 1.47 bits per heavy atom. The number of anilines is 1. The first-order valence-electron chi connectivity index (χ1n) is 5.95. The number of carbonyl (C=O) groups excluding carboxylic acids is 1. The van der Waals surface area contributed by atoms with E-state index in [0.717, 1.165) is 0 Å². The molecule has 0 saturated heterocycles. The van der Waals surface area contributed by atoms with Gasteiger partial charge < -0.3 is 15.2 Å². The zero-order valence-electron chi connectivity index (χ0n) is 11.3. The van der Waals surface area contributed by atoms with E-state index in [2.05, 4.69) is 15.0 Å². The summed E-state index contributed by atoms with van der Waals surface area (Å²) in [7, 11) is 1.32. The molecule has 1 atom stereocenters. The van der Waals surface area contributed by atoms with Crippen LogP contribution in [0.5, 0.6) is 0 Å². The number of aromatic nitrogens is 1. The summed E-state index contributed by atoms with van der Waals surface area (Å²) in [5.74, 6) is -0.627. The number of nitrogens with zero attached hydrogens (tertiary/aromatic N) is 1. The van der Waals surface area contributed by atoms with Crippen LogP contribution in [0, 0.1) is 12.8 Å². The predicted molar refractivity (Wildman–Crippen MR) is 70.2 cm³/mol. The molecule has 104 valence electrons. The van der Waals surface area contributed by atoms with Gasteiger partial charge in [-0.1, -0.05) is 6.92 Å². The maximum atomic E-state index is 11.4. The number of rotatable bonds is 6. The number of hydrogen-bond donors (Lipinski definition) is 2. The van der Waals surface area contributed by atoms with Crippen LogP contribution in [0.3, 0.4) is 0 Å². The zero-order chi connectivity index (χ0) is 14.4. The first-order chi connectivity index (χ1) is 8.93. The highest BCUT2D eigenvalue weighted by Crippen LogP contribution is 2.12. The van der Waals surface area contributed by atoms with E-state index in [4.69, 9.17) is 5.11 Å². The number of hydrogen-bond acceptors (Lipinski definition) is 5. The van der Waals surface area contributed by atoms with Crippen LogP contribution in [-0.4, -0.2) is 35.7 Å². The van der Waals surface area contributed by atoms with Gasteiger partial charge in [-0.2, -0.15) is 0 Å². The zero-order valence-corrected chi connectivity index (χ0v) is 11.3. The number of methoxy groups -OCH3 is 1. The number of aryl methyl sites for hydroxylation is 1. The van der Waals surface area contributed by atoms with Gasteiger partial charge in [-0.25, -0.2) is 9.78 Å². The van der Waals surface area contributed by atoms with Crippen molar-refractivity contribution in [1.29, 1.82) is 0 Å². The fraction of sp³-hybridized carbons (Fsp3) is 0.462. The van der Waals surface area contributed by atoms with Crippen molar-refractivity contribution < 1.29 is 19.4 Å². The van der Waals surface area contributed by atoms with Crippen LogP contribution in [-0.2, 0) is 9.53 Å². The van der Waals surface area contributed by atoms with Gasteiger partial charge in [-0.05, 0) is 25.0 Å². The SMILES string of the molecule is COC(=O)c1ccc(NCC(C)CC(=O)O)nc1C. The molecule has 1 rings (SSSR count). The van der Waals surface area contributed by atoms with E-state index >= 15 is 0 Å². The number of ether oxygens (including phenoxy) is 1. The lowest BCUT2D eigenvalue weighted by Crippen LogP contribution is -2.16. The molecule has 0 aliphatic carbocycles. The summed E-state index contributed by atoms with van der Waals surface area (Å²) in [6, 6.07) is 3.31. The van der Waals surface area contributed by atoms with Gasteiger partial charge in [0.25, 0.3) is 0 Å². The van der Waals surface area contributed by atoms with Gasteiger partial charge in [-0.3, -0.25) is 4.79 Å². The standard InChI is InChI=1S/C13H18N2O4/c1-8(6-12(16)17)7-14-11-5-4-10(9(2)15-11)13(18)19-3/h4-5,8H,6-7H2,1-3H3,(H,14,15)(H,16,17). The molecular weight excluding hydrogens is 248 g/mol. The number of pyridine rings is 1. The molecule has 0 radical (unpaired) electrons. The molecular formula is C13H18N2O4. The van der Waals surface area contributed by atoms with Gasteiger partial charge >= 0.3 is 11.9 Å². The molecule has 6 nitrogen and oxygen atoms in total. The van der Waals surface area contributed by atoms with Crippen molar-refractivity contribution in [2.45, 2.75) is 20.3 Å². The lowest BCUT2D eigenvalue weighted by Gasteiger charge is -2.12. The summed E-state index contributed by atoms with van der Waals surface area (Å²) < 4.78 is 4.63. The second-order valence-corrected chi connectivity index (χ2v) is 4.40. The lowest BCUT2D eigenvalue weighted by molar-refractivity contribution is -0.137. The Kier molecular flexibility index (Phi) is 5.29. The smallest absolute Gasteiger partial charge is 0.339 e. The Bertz CT molecular complexity index is 474. The van der Waals surface area contributed by atoms with Crippen LogP contribution in [0.2, 0.25) is 0 Å². The van der Waals surface area contributed by atoms with Crippen LogP contribution in [0.25, 0.3) is 0 Å². The molecule has 0 bridgehead atoms. The number of carboxylic acid groups (broad SMARTS) is 1. The maximum Gasteiger partial charge on any atom is 0.339 e. The van der Waals surface area contributed by atoms with Gasteiger partial charge in [0.1, 0.15) is 5.82 Å². The minimum absolute atomic E-state index is 0.000102. The minimum atomic E-state index is -0.820. The highest BCUT2D eigenvalue weighted by atomic mass is 16.5. The Balaban J connectivity index is 2.64. The fourth-order valence-electron chi connectivity index (χ4n) is 1.63. The van der Waals surface area contributed by atoms with Crippen LogP contribution in [0.1, 0.15) is 29.4 Å². The van der Waals surface area contributed by atoms with E-state index in [9.17, 15) is 9.59 Å². The molecule has 0 spiro atoms. The van der Waals surface area contributed by atoms with Crippen molar-refractivity contribution in [1.82, 2.24) is 4.98 Å². The molecule has 2 N–H and O–H groups in total. The third-order valence-corrected chi connectivity index (χ3v) is 2.65. The van der Waals surface area contributed by atoms with Crippen LogP contribution in [0.4, 0.5) is 5.82 Å². The number of aliphatic carboxylic acids is 1. The van der Waals surface area contributed by atoms with E-state index in [1.54, 1.807) is 19.1 Å². The number of esters is 1. The lowest BCUT2D eigenvalue weighted by atomic mass is 10.1. The normalized spacial score (nSPS) is 11.7. The molecule has 0 saturated carbocycles. The summed E-state index contributed by atoms with van der Waals surface area (Å²) in [5.41, 5.74) is 0.995. The first-order valence-corrected chi connectivity index (χ1v) is 5.95. The average molecular weight is 266 g/mol. The van der Waals surface area contributed by atoms with Crippen molar-refractivity contribution in [3.8, 4) is 0 Å². The van der Waals surface area contributed by atoms with Gasteiger partial charge in [0, 0.05) is 13.0 Å². The molecule has 19 heavy (non-hydrogen) atoms. The van der Waals surface area contributed by atoms with Crippen molar-refractivity contribution in [3.05, 3.63) is 23.4 Å². The first kappa shape index (κ1) is 14.9. The van der Waals surface area contributed by atoms with E-state index < -0.39 is 11.9 Å². The van der Waals surface area contributed by atoms with Crippen LogP contribution < -0.4 is 5.32 Å². The number of nitrogens with one attached hydrogen (secondary N) is 1. The van der Waals surface area contributed by atoms with E-state index in [-0.39, 0.29) is 12.3 Å². The Morgan fingerprint density at radius 2 is 2.16 bits per heavy atom. The van der Waals surface area contributed by atoms with Crippen LogP contribution >= 0.6 is 0 Å². The molecule has 0 amide bonds. The summed E-state index contributed by atoms with van der Waals surface area (Å²) >= 11 is 0. The summed E-state index contributed by atoms with van der Waals surface area (Å²) in [6.45, 7) is 4.07. The molecule has 0 aromatic carbocycles. The molecule has 1 unspecified atom stereocenters. The summed E-state index contributed by atoms with van der Waals surface area (Å²) in [4.78, 5) is 26.2. The monoisotopic (exact) mass is 266 g/mol. The molecule has 1 aromatic rings. The van der Waals surface area contributed by atoms with Crippen molar-refractivity contribution in [3.63, 3.8) is 0 Å². The fourth-order valence-corrected chi connectivity index (χ4v) is 1.63. The Hall–Kier alpha value is -2.11.